The second-order valence-electron chi connectivity index (χ2n) is 8.78. The number of fused-ring (bicyclic) bond motifs is 1. The van der Waals surface area contributed by atoms with E-state index < -0.39 is 10.0 Å². The molecule has 6 nitrogen and oxygen atoms in total. The Hall–Kier alpha value is -1.90. The van der Waals surface area contributed by atoms with Gasteiger partial charge < -0.3 is 10.1 Å². The van der Waals surface area contributed by atoms with E-state index in [0.717, 1.165) is 16.9 Å². The molecule has 1 saturated heterocycles. The van der Waals surface area contributed by atoms with Crippen molar-refractivity contribution >= 4 is 27.3 Å². The van der Waals surface area contributed by atoms with Gasteiger partial charge in [-0.25, -0.2) is 8.42 Å². The lowest BCUT2D eigenvalue weighted by Gasteiger charge is -2.39. The maximum absolute atomic E-state index is 13.0. The number of hydrogen-bond acceptors (Lipinski definition) is 5. The molecule has 1 aromatic carbocycles. The Balaban J connectivity index is 1.42. The van der Waals surface area contributed by atoms with Gasteiger partial charge in [-0.3, -0.25) is 4.79 Å². The molecule has 2 aliphatic rings. The van der Waals surface area contributed by atoms with Crippen LogP contribution in [0.5, 0.6) is 5.75 Å². The van der Waals surface area contributed by atoms with Gasteiger partial charge in [0, 0.05) is 31.0 Å². The third-order valence-electron chi connectivity index (χ3n) is 5.86. The summed E-state index contributed by atoms with van der Waals surface area (Å²) in [6, 6.07) is 9.35. The minimum Gasteiger partial charge on any atom is -0.487 e. The van der Waals surface area contributed by atoms with Gasteiger partial charge in [0.05, 0.1) is 6.04 Å². The Morgan fingerprint density at radius 1 is 1.23 bits per heavy atom. The Morgan fingerprint density at radius 3 is 2.63 bits per heavy atom. The zero-order valence-electron chi connectivity index (χ0n) is 17.6. The summed E-state index contributed by atoms with van der Waals surface area (Å²) in [6.07, 6.45) is 1.76. The molecule has 30 heavy (non-hydrogen) atoms. The first-order chi connectivity index (χ1) is 14.2. The first-order valence-corrected chi connectivity index (χ1v) is 12.6. The van der Waals surface area contributed by atoms with Crippen molar-refractivity contribution in [3.8, 4) is 5.75 Å². The third-order valence-corrected chi connectivity index (χ3v) is 9.13. The van der Waals surface area contributed by atoms with E-state index in [1.165, 1.54) is 15.6 Å². The number of nitrogens with one attached hydrogen (secondary N) is 1. The molecule has 1 aromatic heterocycles. The van der Waals surface area contributed by atoms with Crippen LogP contribution in [0.4, 0.5) is 0 Å². The van der Waals surface area contributed by atoms with Crippen molar-refractivity contribution in [3.63, 3.8) is 0 Å². The number of thiophene rings is 1. The van der Waals surface area contributed by atoms with Gasteiger partial charge in [-0.1, -0.05) is 18.2 Å². The number of carbonyl (C=O) groups excluding carboxylic acids is 1. The van der Waals surface area contributed by atoms with Crippen LogP contribution in [0.3, 0.4) is 0 Å². The van der Waals surface area contributed by atoms with Crippen LogP contribution in [0.25, 0.3) is 0 Å². The molecule has 1 amide bonds. The fourth-order valence-corrected chi connectivity index (χ4v) is 6.89. The van der Waals surface area contributed by atoms with Gasteiger partial charge in [0.15, 0.2) is 0 Å². The van der Waals surface area contributed by atoms with Crippen LogP contribution in [0.15, 0.2) is 39.9 Å². The number of carbonyl (C=O) groups is 1. The molecule has 162 valence electrons. The topological polar surface area (TPSA) is 75.7 Å². The van der Waals surface area contributed by atoms with E-state index in [-0.39, 0.29) is 23.5 Å². The number of piperidine rings is 1. The molecular formula is C22H28N2O4S2. The molecule has 2 aliphatic heterocycles. The number of sulfonamides is 1. The zero-order chi connectivity index (χ0) is 21.5. The molecule has 0 radical (unpaired) electrons. The largest absolute Gasteiger partial charge is 0.487 e. The number of amides is 1. The first-order valence-electron chi connectivity index (χ1n) is 10.3. The van der Waals surface area contributed by atoms with E-state index in [2.05, 4.69) is 5.32 Å². The molecule has 3 heterocycles. The van der Waals surface area contributed by atoms with E-state index in [9.17, 15) is 13.2 Å². The van der Waals surface area contributed by atoms with Crippen molar-refractivity contribution in [1.29, 1.82) is 0 Å². The van der Waals surface area contributed by atoms with Crippen LogP contribution < -0.4 is 10.1 Å². The lowest BCUT2D eigenvalue weighted by molar-refractivity contribution is -0.127. The highest BCUT2D eigenvalue weighted by Crippen LogP contribution is 2.40. The molecule has 0 spiro atoms. The Labute approximate surface area is 182 Å². The minimum atomic E-state index is -3.45. The molecule has 2 aromatic rings. The molecule has 1 fully saturated rings. The summed E-state index contributed by atoms with van der Waals surface area (Å²) in [5.41, 5.74) is 1.76. The predicted molar refractivity (Wildman–Crippen MR) is 117 cm³/mol. The van der Waals surface area contributed by atoms with Crippen molar-refractivity contribution in [1.82, 2.24) is 9.62 Å². The quantitative estimate of drug-likeness (QED) is 0.770. The Bertz CT molecular complexity index is 1020. The molecule has 1 unspecified atom stereocenters. The summed E-state index contributed by atoms with van der Waals surface area (Å²) < 4.78 is 33.4. The zero-order valence-corrected chi connectivity index (χ0v) is 19.2. The lowest BCUT2D eigenvalue weighted by atomic mass is 9.88. The molecule has 8 heteroatoms. The second-order valence-corrected chi connectivity index (χ2v) is 11.9. The van der Waals surface area contributed by atoms with E-state index >= 15 is 0 Å². The number of benzene rings is 1. The van der Waals surface area contributed by atoms with E-state index in [1.54, 1.807) is 17.5 Å². The highest BCUT2D eigenvalue weighted by atomic mass is 32.2. The van der Waals surface area contributed by atoms with Crippen molar-refractivity contribution in [3.05, 3.63) is 46.8 Å². The van der Waals surface area contributed by atoms with Crippen LogP contribution in [-0.4, -0.2) is 37.3 Å². The summed E-state index contributed by atoms with van der Waals surface area (Å²) >= 11 is 1.23. The summed E-state index contributed by atoms with van der Waals surface area (Å²) in [6.45, 7) is 6.83. The van der Waals surface area contributed by atoms with Gasteiger partial charge in [0.2, 0.25) is 5.91 Å². The normalized spacial score (nSPS) is 22.2. The molecular weight excluding hydrogens is 420 g/mol. The van der Waals surface area contributed by atoms with Crippen molar-refractivity contribution in [2.75, 3.05) is 13.1 Å². The summed E-state index contributed by atoms with van der Waals surface area (Å²) in [5.74, 6) is 0.644. The van der Waals surface area contributed by atoms with E-state index in [4.69, 9.17) is 4.74 Å². The highest BCUT2D eigenvalue weighted by molar-refractivity contribution is 7.91. The molecule has 4 rings (SSSR count). The number of aryl methyl sites for hydroxylation is 1. The second kappa shape index (κ2) is 7.98. The average molecular weight is 449 g/mol. The van der Waals surface area contributed by atoms with E-state index in [0.29, 0.717) is 36.6 Å². The first kappa shape index (κ1) is 21.3. The standard InChI is InChI=1S/C22H28N2O4S2/c1-15-6-7-17-18(14-22(2,3)28-19(17)13-15)23-21(25)16-8-10-24(11-9-16)30(26,27)20-5-4-12-29-20/h4-7,12-13,16,18H,8-11,14H2,1-3H3,(H,23,25). The SMILES string of the molecule is Cc1ccc2c(c1)OC(C)(C)CC2NC(=O)C1CCN(S(=O)(=O)c2cccs2)CC1. The Morgan fingerprint density at radius 2 is 1.97 bits per heavy atom. The van der Waals surface area contributed by atoms with Crippen LogP contribution >= 0.6 is 11.3 Å². The fourth-order valence-electron chi connectivity index (χ4n) is 4.27. The van der Waals surface area contributed by atoms with Crippen LogP contribution in [0.2, 0.25) is 0 Å². The van der Waals surface area contributed by atoms with Gasteiger partial charge in [0.25, 0.3) is 10.0 Å². The van der Waals surface area contributed by atoms with Gasteiger partial charge >= 0.3 is 0 Å². The van der Waals surface area contributed by atoms with Crippen molar-refractivity contribution in [2.24, 2.45) is 5.92 Å². The number of nitrogens with zero attached hydrogens (tertiary/aromatic N) is 1. The highest BCUT2D eigenvalue weighted by Gasteiger charge is 2.37. The minimum absolute atomic E-state index is 0.00241. The number of hydrogen-bond donors (Lipinski definition) is 1. The molecule has 0 bridgehead atoms. The van der Waals surface area contributed by atoms with Gasteiger partial charge in [-0.15, -0.1) is 11.3 Å². The van der Waals surface area contributed by atoms with Crippen molar-refractivity contribution < 1.29 is 17.9 Å². The molecule has 1 N–H and O–H groups in total. The maximum atomic E-state index is 13.0. The van der Waals surface area contributed by atoms with Gasteiger partial charge in [-0.05, 0) is 56.7 Å². The average Bonchev–Trinajstić information content (AvgIpc) is 3.22. The summed E-state index contributed by atoms with van der Waals surface area (Å²) in [4.78, 5) is 13.0. The van der Waals surface area contributed by atoms with E-state index in [1.807, 2.05) is 39.0 Å². The van der Waals surface area contributed by atoms with Crippen LogP contribution in [0.1, 0.15) is 50.3 Å². The summed E-state index contributed by atoms with van der Waals surface area (Å²) in [5, 5.41) is 4.98. The third kappa shape index (κ3) is 4.26. The number of rotatable bonds is 4. The van der Waals surface area contributed by atoms with Gasteiger partial charge in [-0.2, -0.15) is 4.31 Å². The monoisotopic (exact) mass is 448 g/mol. The molecule has 1 atom stereocenters. The molecule has 0 saturated carbocycles. The maximum Gasteiger partial charge on any atom is 0.252 e. The van der Waals surface area contributed by atoms with Crippen LogP contribution in [-0.2, 0) is 14.8 Å². The smallest absolute Gasteiger partial charge is 0.252 e. The van der Waals surface area contributed by atoms with Gasteiger partial charge in [0.1, 0.15) is 15.6 Å². The van der Waals surface area contributed by atoms with Crippen molar-refractivity contribution in [2.45, 2.75) is 55.9 Å². The van der Waals surface area contributed by atoms with Crippen LogP contribution in [0, 0.1) is 12.8 Å². The molecule has 0 aliphatic carbocycles. The Kier molecular flexibility index (Phi) is 5.67. The predicted octanol–water partition coefficient (Wildman–Crippen LogP) is 3.88. The number of ether oxygens (including phenoxy) is 1. The fraction of sp³-hybridized carbons (Fsp3) is 0.500. The summed E-state index contributed by atoms with van der Waals surface area (Å²) in [7, 11) is -3.45. The lowest BCUT2D eigenvalue weighted by Crippen LogP contribution is -2.46.